The quantitative estimate of drug-likeness (QED) is 0.742. The molecule has 0 radical (unpaired) electrons. The standard InChI is InChI=1S/C6H9BrN2O/c1-4-5(3-10)8-6(7)9(4)2/h10H,3H2,1-2H3. The fourth-order valence-corrected chi connectivity index (χ4v) is 1.23. The third kappa shape index (κ3) is 1.09. The molecule has 0 saturated carbocycles. The summed E-state index contributed by atoms with van der Waals surface area (Å²) in [5.41, 5.74) is 1.73. The van der Waals surface area contributed by atoms with Gasteiger partial charge in [0.2, 0.25) is 0 Å². The smallest absolute Gasteiger partial charge is 0.177 e. The number of aliphatic hydroxyl groups is 1. The Morgan fingerprint density at radius 2 is 2.30 bits per heavy atom. The van der Waals surface area contributed by atoms with E-state index >= 15 is 0 Å². The van der Waals surface area contributed by atoms with E-state index in [4.69, 9.17) is 5.11 Å². The van der Waals surface area contributed by atoms with Gasteiger partial charge in [-0.05, 0) is 22.9 Å². The van der Waals surface area contributed by atoms with E-state index in [0.717, 1.165) is 16.1 Å². The summed E-state index contributed by atoms with van der Waals surface area (Å²) in [7, 11) is 1.89. The Balaban J connectivity index is 3.17. The minimum Gasteiger partial charge on any atom is -0.390 e. The maximum absolute atomic E-state index is 8.76. The van der Waals surface area contributed by atoms with Gasteiger partial charge in [0.1, 0.15) is 0 Å². The van der Waals surface area contributed by atoms with Crippen molar-refractivity contribution in [3.05, 3.63) is 16.1 Å². The third-order valence-corrected chi connectivity index (χ3v) is 2.28. The van der Waals surface area contributed by atoms with Crippen molar-refractivity contribution in [3.8, 4) is 0 Å². The van der Waals surface area contributed by atoms with E-state index < -0.39 is 0 Å². The average molecular weight is 205 g/mol. The van der Waals surface area contributed by atoms with Gasteiger partial charge in [-0.3, -0.25) is 0 Å². The molecule has 0 amide bonds. The highest BCUT2D eigenvalue weighted by Crippen LogP contribution is 2.13. The van der Waals surface area contributed by atoms with Gasteiger partial charge in [0.05, 0.1) is 12.3 Å². The Morgan fingerprint density at radius 3 is 2.50 bits per heavy atom. The lowest BCUT2D eigenvalue weighted by Gasteiger charge is -1.94. The Kier molecular flexibility index (Phi) is 2.11. The molecule has 0 spiro atoms. The number of aromatic nitrogens is 2. The first-order chi connectivity index (χ1) is 4.66. The molecule has 1 aromatic rings. The predicted octanol–water partition coefficient (Wildman–Crippen LogP) is 0.983. The number of nitrogens with zero attached hydrogens (tertiary/aromatic N) is 2. The zero-order valence-corrected chi connectivity index (χ0v) is 7.51. The van der Waals surface area contributed by atoms with E-state index in [2.05, 4.69) is 20.9 Å². The maximum Gasteiger partial charge on any atom is 0.177 e. The summed E-state index contributed by atoms with van der Waals surface area (Å²) in [6.07, 6.45) is 0. The molecule has 0 aliphatic heterocycles. The van der Waals surface area contributed by atoms with Gasteiger partial charge in [0, 0.05) is 12.7 Å². The van der Waals surface area contributed by atoms with Crippen LogP contribution in [0.2, 0.25) is 0 Å². The van der Waals surface area contributed by atoms with E-state index in [1.54, 1.807) is 0 Å². The van der Waals surface area contributed by atoms with Gasteiger partial charge < -0.3 is 9.67 Å². The monoisotopic (exact) mass is 204 g/mol. The van der Waals surface area contributed by atoms with E-state index in [1.807, 2.05) is 18.5 Å². The third-order valence-electron chi connectivity index (χ3n) is 1.57. The van der Waals surface area contributed by atoms with Crippen LogP contribution in [0.25, 0.3) is 0 Å². The number of aliphatic hydroxyl groups excluding tert-OH is 1. The Bertz CT molecular complexity index is 244. The van der Waals surface area contributed by atoms with Crippen LogP contribution in [-0.2, 0) is 13.7 Å². The van der Waals surface area contributed by atoms with Gasteiger partial charge in [-0.2, -0.15) is 0 Å². The van der Waals surface area contributed by atoms with Crippen LogP contribution in [0.3, 0.4) is 0 Å². The van der Waals surface area contributed by atoms with Crippen molar-refractivity contribution in [1.29, 1.82) is 0 Å². The minimum atomic E-state index is 0.00523. The molecule has 1 heterocycles. The molecule has 10 heavy (non-hydrogen) atoms. The molecule has 1 N–H and O–H groups in total. The summed E-state index contributed by atoms with van der Waals surface area (Å²) in [4.78, 5) is 4.06. The normalized spacial score (nSPS) is 10.4. The Labute approximate surface area is 67.8 Å². The second kappa shape index (κ2) is 2.72. The largest absolute Gasteiger partial charge is 0.390 e. The Morgan fingerprint density at radius 1 is 1.70 bits per heavy atom. The van der Waals surface area contributed by atoms with Crippen LogP contribution in [0.4, 0.5) is 0 Å². The molecule has 56 valence electrons. The van der Waals surface area contributed by atoms with Gasteiger partial charge in [-0.15, -0.1) is 0 Å². The van der Waals surface area contributed by atoms with E-state index in [9.17, 15) is 0 Å². The number of rotatable bonds is 1. The molecule has 1 rings (SSSR count). The molecule has 0 aliphatic rings. The molecule has 0 atom stereocenters. The van der Waals surface area contributed by atoms with Crippen molar-refractivity contribution in [2.45, 2.75) is 13.5 Å². The number of hydrogen-bond acceptors (Lipinski definition) is 2. The molecule has 0 unspecified atom stereocenters. The van der Waals surface area contributed by atoms with Gasteiger partial charge >= 0.3 is 0 Å². The van der Waals surface area contributed by atoms with Crippen molar-refractivity contribution in [2.75, 3.05) is 0 Å². The number of halogens is 1. The second-order valence-electron chi connectivity index (χ2n) is 2.13. The highest BCUT2D eigenvalue weighted by molar-refractivity contribution is 9.10. The maximum atomic E-state index is 8.76. The van der Waals surface area contributed by atoms with Crippen LogP contribution in [0, 0.1) is 6.92 Å². The molecule has 0 aromatic carbocycles. The summed E-state index contributed by atoms with van der Waals surface area (Å²) in [5, 5.41) is 8.76. The predicted molar refractivity (Wildman–Crippen MR) is 41.6 cm³/mol. The lowest BCUT2D eigenvalue weighted by Crippen LogP contribution is -1.92. The van der Waals surface area contributed by atoms with Crippen LogP contribution < -0.4 is 0 Å². The molecule has 1 aromatic heterocycles. The lowest BCUT2D eigenvalue weighted by atomic mass is 10.4. The molecule has 0 bridgehead atoms. The summed E-state index contributed by atoms with van der Waals surface area (Å²) >= 11 is 3.25. The topological polar surface area (TPSA) is 38.1 Å². The van der Waals surface area contributed by atoms with Crippen molar-refractivity contribution in [1.82, 2.24) is 9.55 Å². The minimum absolute atomic E-state index is 0.00523. The molecular weight excluding hydrogens is 196 g/mol. The van der Waals surface area contributed by atoms with Gasteiger partial charge in [-0.1, -0.05) is 0 Å². The zero-order chi connectivity index (χ0) is 7.72. The number of hydrogen-bond donors (Lipinski definition) is 1. The van der Waals surface area contributed by atoms with Gasteiger partial charge in [0.15, 0.2) is 4.73 Å². The van der Waals surface area contributed by atoms with Gasteiger partial charge in [0.25, 0.3) is 0 Å². The van der Waals surface area contributed by atoms with E-state index in [0.29, 0.717) is 0 Å². The fourth-order valence-electron chi connectivity index (χ4n) is 0.749. The zero-order valence-electron chi connectivity index (χ0n) is 5.93. The van der Waals surface area contributed by atoms with Crippen molar-refractivity contribution in [3.63, 3.8) is 0 Å². The molecule has 0 aliphatic carbocycles. The first-order valence-electron chi connectivity index (χ1n) is 2.95. The van der Waals surface area contributed by atoms with Crippen LogP contribution >= 0.6 is 15.9 Å². The first kappa shape index (κ1) is 7.75. The fraction of sp³-hybridized carbons (Fsp3) is 0.500. The average Bonchev–Trinajstić information content (AvgIpc) is 2.17. The highest BCUT2D eigenvalue weighted by Gasteiger charge is 2.06. The molecular formula is C6H9BrN2O. The van der Waals surface area contributed by atoms with Crippen LogP contribution in [0.15, 0.2) is 4.73 Å². The molecule has 0 fully saturated rings. The van der Waals surface area contributed by atoms with E-state index in [-0.39, 0.29) is 6.61 Å². The molecule has 4 heteroatoms. The van der Waals surface area contributed by atoms with Gasteiger partial charge in [-0.25, -0.2) is 4.98 Å². The summed E-state index contributed by atoms with van der Waals surface area (Å²) < 4.78 is 2.64. The Hall–Kier alpha value is -0.350. The van der Waals surface area contributed by atoms with Crippen molar-refractivity contribution < 1.29 is 5.11 Å². The van der Waals surface area contributed by atoms with Crippen LogP contribution in [0.1, 0.15) is 11.4 Å². The number of imidazole rings is 1. The van der Waals surface area contributed by atoms with Crippen LogP contribution in [-0.4, -0.2) is 14.7 Å². The molecule has 0 saturated heterocycles. The SMILES string of the molecule is Cc1c(CO)nc(Br)n1C. The van der Waals surface area contributed by atoms with Crippen molar-refractivity contribution >= 4 is 15.9 Å². The second-order valence-corrected chi connectivity index (χ2v) is 2.84. The lowest BCUT2D eigenvalue weighted by molar-refractivity contribution is 0.276. The highest BCUT2D eigenvalue weighted by atomic mass is 79.9. The summed E-state index contributed by atoms with van der Waals surface area (Å²) in [5.74, 6) is 0. The summed E-state index contributed by atoms with van der Waals surface area (Å²) in [6, 6.07) is 0. The van der Waals surface area contributed by atoms with E-state index in [1.165, 1.54) is 0 Å². The van der Waals surface area contributed by atoms with Crippen LogP contribution in [0.5, 0.6) is 0 Å². The summed E-state index contributed by atoms with van der Waals surface area (Å²) in [6.45, 7) is 1.93. The molecule has 3 nitrogen and oxygen atoms in total. The van der Waals surface area contributed by atoms with Crippen molar-refractivity contribution in [2.24, 2.45) is 7.05 Å². The first-order valence-corrected chi connectivity index (χ1v) is 3.74.